The normalized spacial score (nSPS) is 11.1. The van der Waals surface area contributed by atoms with E-state index >= 15 is 0 Å². The predicted octanol–water partition coefficient (Wildman–Crippen LogP) is 6.10. The van der Waals surface area contributed by atoms with Crippen molar-refractivity contribution in [2.45, 2.75) is 13.8 Å². The van der Waals surface area contributed by atoms with Crippen LogP contribution in [0.1, 0.15) is 11.1 Å². The molecule has 1 heterocycles. The molecule has 8 heteroatoms. The Morgan fingerprint density at radius 1 is 0.788 bits per heavy atom. The molecule has 0 aliphatic heterocycles. The number of benzene rings is 3. The molecule has 166 valence electrons. The third kappa shape index (κ3) is 4.47. The first-order valence-electron chi connectivity index (χ1n) is 10.2. The van der Waals surface area contributed by atoms with Crippen LogP contribution < -0.4 is 10.3 Å². The molecule has 1 aromatic heterocycles. The summed E-state index contributed by atoms with van der Waals surface area (Å²) in [5, 5.41) is 19.3. The van der Waals surface area contributed by atoms with E-state index in [1.807, 2.05) is 50.2 Å². The summed E-state index contributed by atoms with van der Waals surface area (Å²) in [4.78, 5) is 13.4. The molecule has 0 aliphatic rings. The van der Waals surface area contributed by atoms with E-state index < -0.39 is 5.56 Å². The van der Waals surface area contributed by atoms with Crippen LogP contribution in [-0.4, -0.2) is 21.4 Å². The highest BCUT2D eigenvalue weighted by Crippen LogP contribution is 2.29. The fourth-order valence-corrected chi connectivity index (χ4v) is 3.66. The summed E-state index contributed by atoms with van der Waals surface area (Å²) in [6.07, 6.45) is 0. The van der Waals surface area contributed by atoms with Gasteiger partial charge in [-0.05, 0) is 74.6 Å². The first-order chi connectivity index (χ1) is 15.9. The Morgan fingerprint density at radius 2 is 1.30 bits per heavy atom. The van der Waals surface area contributed by atoms with Gasteiger partial charge >= 0.3 is 0 Å². The van der Waals surface area contributed by atoms with Crippen LogP contribution in [-0.2, 0) is 0 Å². The number of methoxy groups -OCH3 is 1. The summed E-state index contributed by atoms with van der Waals surface area (Å²) in [5.41, 5.74) is 2.98. The van der Waals surface area contributed by atoms with E-state index in [4.69, 9.17) is 17.0 Å². The Hall–Kier alpha value is -4.04. The largest absolute Gasteiger partial charge is 0.497 e. The Bertz CT molecular complexity index is 1440. The molecule has 0 fully saturated rings. The van der Waals surface area contributed by atoms with Crippen LogP contribution >= 0.6 is 12.2 Å². The van der Waals surface area contributed by atoms with Crippen molar-refractivity contribution in [3.63, 3.8) is 0 Å². The number of aryl methyl sites for hydroxylation is 2. The molecule has 3 aromatic carbocycles. The minimum absolute atomic E-state index is 0.0980. The number of hydrogen-bond acceptors (Lipinski definition) is 6. The zero-order valence-corrected chi connectivity index (χ0v) is 19.2. The Balaban J connectivity index is 1.97. The van der Waals surface area contributed by atoms with Gasteiger partial charge in [0.15, 0.2) is 4.77 Å². The third-order valence-corrected chi connectivity index (χ3v) is 5.50. The van der Waals surface area contributed by atoms with Gasteiger partial charge in [-0.15, -0.1) is 5.11 Å². The summed E-state index contributed by atoms with van der Waals surface area (Å²) in [7, 11) is 1.56. The predicted molar refractivity (Wildman–Crippen MR) is 131 cm³/mol. The minimum Gasteiger partial charge on any atom is -0.497 e. The molecule has 0 amide bonds. The van der Waals surface area contributed by atoms with Crippen LogP contribution in [0.4, 0.5) is 11.4 Å². The van der Waals surface area contributed by atoms with E-state index in [1.165, 1.54) is 9.13 Å². The van der Waals surface area contributed by atoms with Gasteiger partial charge in [0.1, 0.15) is 5.75 Å². The van der Waals surface area contributed by atoms with Gasteiger partial charge in [0.05, 0.1) is 24.2 Å². The van der Waals surface area contributed by atoms with Crippen molar-refractivity contribution in [2.75, 3.05) is 7.11 Å². The molecule has 7 nitrogen and oxygen atoms in total. The molecule has 4 aromatic rings. The van der Waals surface area contributed by atoms with Crippen LogP contribution in [0.25, 0.3) is 11.4 Å². The second-order valence-corrected chi connectivity index (χ2v) is 7.87. The molecule has 0 bridgehead atoms. The molecule has 0 radical (unpaired) electrons. The molecule has 0 saturated heterocycles. The van der Waals surface area contributed by atoms with Gasteiger partial charge in [-0.25, -0.2) is 0 Å². The summed E-state index contributed by atoms with van der Waals surface area (Å²) in [6.45, 7) is 3.93. The van der Waals surface area contributed by atoms with Gasteiger partial charge in [-0.2, -0.15) is 5.11 Å². The summed E-state index contributed by atoms with van der Waals surface area (Å²) < 4.78 is 8.04. The van der Waals surface area contributed by atoms with Gasteiger partial charge < -0.3 is 9.84 Å². The van der Waals surface area contributed by atoms with Crippen molar-refractivity contribution in [3.05, 3.63) is 99.0 Å². The van der Waals surface area contributed by atoms with Crippen molar-refractivity contribution in [2.24, 2.45) is 10.2 Å². The number of aromatic hydroxyl groups is 1. The highest BCUT2D eigenvalue weighted by molar-refractivity contribution is 7.71. The van der Waals surface area contributed by atoms with Crippen molar-refractivity contribution < 1.29 is 9.84 Å². The van der Waals surface area contributed by atoms with Gasteiger partial charge in [-0.3, -0.25) is 13.9 Å². The lowest BCUT2D eigenvalue weighted by molar-refractivity contribution is 0.414. The van der Waals surface area contributed by atoms with E-state index in [-0.39, 0.29) is 16.3 Å². The van der Waals surface area contributed by atoms with E-state index in [9.17, 15) is 9.90 Å². The number of aromatic nitrogens is 2. The summed E-state index contributed by atoms with van der Waals surface area (Å²) >= 11 is 5.64. The number of nitrogens with zero attached hydrogens (tertiary/aromatic N) is 4. The molecule has 0 spiro atoms. The third-order valence-electron chi connectivity index (χ3n) is 5.13. The number of rotatable bonds is 5. The van der Waals surface area contributed by atoms with Gasteiger partial charge in [0, 0.05) is 0 Å². The highest BCUT2D eigenvalue weighted by Gasteiger charge is 2.19. The fraction of sp³-hybridized carbons (Fsp3) is 0.120. The van der Waals surface area contributed by atoms with Crippen molar-refractivity contribution in [1.29, 1.82) is 0 Å². The Labute approximate surface area is 195 Å². The molecular weight excluding hydrogens is 436 g/mol. The van der Waals surface area contributed by atoms with Crippen molar-refractivity contribution in [3.8, 4) is 23.0 Å². The lowest BCUT2D eigenvalue weighted by atomic mass is 10.2. The van der Waals surface area contributed by atoms with Crippen molar-refractivity contribution >= 4 is 23.6 Å². The maximum Gasteiger partial charge on any atom is 0.290 e. The molecule has 33 heavy (non-hydrogen) atoms. The van der Waals surface area contributed by atoms with Crippen molar-refractivity contribution in [1.82, 2.24) is 9.13 Å². The second kappa shape index (κ2) is 9.22. The van der Waals surface area contributed by atoms with Crippen LogP contribution in [0, 0.1) is 18.6 Å². The number of ether oxygens (including phenoxy) is 1. The van der Waals surface area contributed by atoms with Gasteiger partial charge in [-0.1, -0.05) is 35.4 Å². The van der Waals surface area contributed by atoms with E-state index in [2.05, 4.69) is 10.2 Å². The zero-order chi connectivity index (χ0) is 23.5. The smallest absolute Gasteiger partial charge is 0.290 e. The SMILES string of the molecule is COc1ccc(-n2c(=O)c(N=Nc3ccc(C)cc3)c(O)n(-c3ccc(C)cc3)c2=S)cc1. The van der Waals surface area contributed by atoms with E-state index in [1.54, 1.807) is 43.5 Å². The topological polar surface area (TPSA) is 81.1 Å². The quantitative estimate of drug-likeness (QED) is 0.289. The highest BCUT2D eigenvalue weighted by atomic mass is 32.1. The van der Waals surface area contributed by atoms with E-state index in [0.717, 1.165) is 11.1 Å². The lowest BCUT2D eigenvalue weighted by Crippen LogP contribution is -2.23. The first kappa shape index (κ1) is 22.2. The molecule has 0 atom stereocenters. The number of azo groups is 1. The fourth-order valence-electron chi connectivity index (χ4n) is 3.28. The molecule has 0 saturated carbocycles. The molecular formula is C25H22N4O3S. The Morgan fingerprint density at radius 3 is 1.88 bits per heavy atom. The molecule has 0 unspecified atom stereocenters. The average molecular weight is 459 g/mol. The van der Waals surface area contributed by atoms with Gasteiger partial charge in [0.25, 0.3) is 5.56 Å². The zero-order valence-electron chi connectivity index (χ0n) is 18.4. The molecule has 0 aliphatic carbocycles. The maximum absolute atomic E-state index is 13.4. The van der Waals surface area contributed by atoms with Crippen LogP contribution in [0.15, 0.2) is 87.8 Å². The minimum atomic E-state index is -0.582. The lowest BCUT2D eigenvalue weighted by Gasteiger charge is -2.16. The van der Waals surface area contributed by atoms with Crippen LogP contribution in [0.5, 0.6) is 11.6 Å². The maximum atomic E-state index is 13.4. The molecule has 4 rings (SSSR count). The standard InChI is InChI=1S/C25H22N4O3S/c1-16-4-8-18(9-5-16)26-27-22-23(30)28(19-10-6-17(2)7-11-19)25(33)29(24(22)31)20-12-14-21(32-3)15-13-20/h4-15,30H,1-3H3. The Kier molecular flexibility index (Phi) is 6.19. The monoisotopic (exact) mass is 458 g/mol. The summed E-state index contributed by atoms with van der Waals surface area (Å²) in [5.74, 6) is 0.261. The second-order valence-electron chi connectivity index (χ2n) is 7.50. The first-order valence-corrected chi connectivity index (χ1v) is 10.6. The van der Waals surface area contributed by atoms with Crippen LogP contribution in [0.2, 0.25) is 0 Å². The van der Waals surface area contributed by atoms with Crippen LogP contribution in [0.3, 0.4) is 0 Å². The van der Waals surface area contributed by atoms with E-state index in [0.29, 0.717) is 22.8 Å². The number of hydrogen-bond donors (Lipinski definition) is 1. The molecule has 1 N–H and O–H groups in total. The van der Waals surface area contributed by atoms with Gasteiger partial charge in [0.2, 0.25) is 11.6 Å². The average Bonchev–Trinajstić information content (AvgIpc) is 2.82. The summed E-state index contributed by atoms with van der Waals surface area (Å²) in [6, 6.07) is 21.7.